The van der Waals surface area contributed by atoms with Crippen molar-refractivity contribution in [3.8, 4) is 6.07 Å². The third kappa shape index (κ3) is 2.24. The van der Waals surface area contributed by atoms with Crippen molar-refractivity contribution in [2.75, 3.05) is 19.7 Å². The van der Waals surface area contributed by atoms with E-state index >= 15 is 0 Å². The van der Waals surface area contributed by atoms with Crippen molar-refractivity contribution < 1.29 is 15.0 Å². The standard InChI is InChI=1S/C9H12N2O3/c10-4-8(6-12)7-2-1-3-11(5-7)9(13)14/h12H,1-3,5-6H2,(H,13,14)/b8-7+. The molecule has 0 bridgehead atoms. The molecule has 1 heterocycles. The van der Waals surface area contributed by atoms with Crippen molar-refractivity contribution in [1.82, 2.24) is 4.90 Å². The summed E-state index contributed by atoms with van der Waals surface area (Å²) in [5.41, 5.74) is 1.04. The fourth-order valence-corrected chi connectivity index (χ4v) is 1.51. The van der Waals surface area contributed by atoms with Crippen LogP contribution in [0.15, 0.2) is 11.1 Å². The summed E-state index contributed by atoms with van der Waals surface area (Å²) < 4.78 is 0. The first kappa shape index (κ1) is 10.5. The third-order valence-corrected chi connectivity index (χ3v) is 2.28. The van der Waals surface area contributed by atoms with Gasteiger partial charge in [-0.15, -0.1) is 0 Å². The SMILES string of the molecule is N#C/C(CO)=C1/CCCN(C(=O)O)C1. The predicted molar refractivity (Wildman–Crippen MR) is 48.6 cm³/mol. The van der Waals surface area contributed by atoms with Gasteiger partial charge >= 0.3 is 6.09 Å². The molecule has 2 N–H and O–H groups in total. The van der Waals surface area contributed by atoms with Gasteiger partial charge in [0.2, 0.25) is 0 Å². The van der Waals surface area contributed by atoms with E-state index in [0.29, 0.717) is 25.0 Å². The van der Waals surface area contributed by atoms with E-state index in [9.17, 15) is 4.79 Å². The maximum absolute atomic E-state index is 10.7. The lowest BCUT2D eigenvalue weighted by Crippen LogP contribution is -2.36. The van der Waals surface area contributed by atoms with Crippen LogP contribution in [0.1, 0.15) is 12.8 Å². The minimum Gasteiger partial charge on any atom is -0.465 e. The van der Waals surface area contributed by atoms with Crippen LogP contribution in [-0.4, -0.2) is 40.9 Å². The fourth-order valence-electron chi connectivity index (χ4n) is 1.51. The summed E-state index contributed by atoms with van der Waals surface area (Å²) in [7, 11) is 0. The van der Waals surface area contributed by atoms with Gasteiger partial charge in [0, 0.05) is 13.1 Å². The molecule has 0 spiro atoms. The van der Waals surface area contributed by atoms with Crippen LogP contribution < -0.4 is 0 Å². The molecule has 0 aliphatic carbocycles. The highest BCUT2D eigenvalue weighted by Gasteiger charge is 2.20. The number of hydrogen-bond acceptors (Lipinski definition) is 3. The van der Waals surface area contributed by atoms with Crippen molar-refractivity contribution in [3.05, 3.63) is 11.1 Å². The van der Waals surface area contributed by atoms with E-state index < -0.39 is 6.09 Å². The number of aliphatic hydroxyl groups is 1. The monoisotopic (exact) mass is 196 g/mol. The molecule has 0 aromatic carbocycles. The Balaban J connectivity index is 2.78. The number of hydrogen-bond donors (Lipinski definition) is 2. The Kier molecular flexibility index (Phi) is 3.48. The Morgan fingerprint density at radius 2 is 2.36 bits per heavy atom. The maximum atomic E-state index is 10.7. The zero-order chi connectivity index (χ0) is 10.6. The number of aliphatic hydroxyl groups excluding tert-OH is 1. The molecule has 1 amide bonds. The average Bonchev–Trinajstić information content (AvgIpc) is 2.20. The summed E-state index contributed by atoms with van der Waals surface area (Å²) in [6, 6.07) is 1.89. The third-order valence-electron chi connectivity index (χ3n) is 2.28. The molecule has 76 valence electrons. The summed E-state index contributed by atoms with van der Waals surface area (Å²) in [4.78, 5) is 11.9. The molecule has 0 saturated carbocycles. The van der Waals surface area contributed by atoms with Crippen LogP contribution in [0.2, 0.25) is 0 Å². The highest BCUT2D eigenvalue weighted by molar-refractivity contribution is 5.65. The van der Waals surface area contributed by atoms with E-state index in [1.165, 1.54) is 4.90 Å². The second-order valence-corrected chi connectivity index (χ2v) is 3.16. The maximum Gasteiger partial charge on any atom is 0.407 e. The van der Waals surface area contributed by atoms with Gasteiger partial charge in [-0.1, -0.05) is 0 Å². The van der Waals surface area contributed by atoms with Crippen LogP contribution in [0.5, 0.6) is 0 Å². The van der Waals surface area contributed by atoms with E-state index in [1.807, 2.05) is 6.07 Å². The Morgan fingerprint density at radius 1 is 1.64 bits per heavy atom. The Labute approximate surface area is 81.9 Å². The molecule has 1 aliphatic rings. The van der Waals surface area contributed by atoms with Gasteiger partial charge in [0.1, 0.15) is 0 Å². The zero-order valence-electron chi connectivity index (χ0n) is 7.73. The topological polar surface area (TPSA) is 84.6 Å². The summed E-state index contributed by atoms with van der Waals surface area (Å²) in [6.45, 7) is 0.445. The van der Waals surface area contributed by atoms with Gasteiger partial charge in [-0.3, -0.25) is 0 Å². The van der Waals surface area contributed by atoms with Crippen molar-refractivity contribution >= 4 is 6.09 Å². The number of rotatable bonds is 1. The summed E-state index contributed by atoms with van der Waals surface area (Å²) >= 11 is 0. The van der Waals surface area contributed by atoms with E-state index in [1.54, 1.807) is 0 Å². The van der Waals surface area contributed by atoms with Crippen molar-refractivity contribution in [2.45, 2.75) is 12.8 Å². The predicted octanol–water partition coefficient (Wildman–Crippen LogP) is 0.573. The van der Waals surface area contributed by atoms with Gasteiger partial charge in [-0.05, 0) is 18.4 Å². The van der Waals surface area contributed by atoms with Crippen LogP contribution in [0.3, 0.4) is 0 Å². The normalized spacial score (nSPS) is 20.1. The zero-order valence-corrected chi connectivity index (χ0v) is 7.73. The van der Waals surface area contributed by atoms with E-state index in [0.717, 1.165) is 5.57 Å². The number of carbonyl (C=O) groups is 1. The molecule has 14 heavy (non-hydrogen) atoms. The van der Waals surface area contributed by atoms with Gasteiger partial charge in [-0.2, -0.15) is 5.26 Å². The number of carboxylic acid groups (broad SMARTS) is 1. The molecule has 1 aliphatic heterocycles. The first-order valence-electron chi connectivity index (χ1n) is 4.38. The molecule has 1 rings (SSSR count). The van der Waals surface area contributed by atoms with Crippen LogP contribution in [0.4, 0.5) is 4.79 Å². The lowest BCUT2D eigenvalue weighted by molar-refractivity contribution is 0.143. The molecule has 0 radical (unpaired) electrons. The molecule has 1 saturated heterocycles. The molecule has 0 atom stereocenters. The highest BCUT2D eigenvalue weighted by Crippen LogP contribution is 2.18. The van der Waals surface area contributed by atoms with Crippen molar-refractivity contribution in [1.29, 1.82) is 5.26 Å². The first-order chi connectivity index (χ1) is 6.69. The highest BCUT2D eigenvalue weighted by atomic mass is 16.4. The molecule has 1 fully saturated rings. The van der Waals surface area contributed by atoms with Gasteiger partial charge in [0.25, 0.3) is 0 Å². The Bertz CT molecular complexity index is 304. The second kappa shape index (κ2) is 4.63. The van der Waals surface area contributed by atoms with E-state index in [2.05, 4.69) is 0 Å². The summed E-state index contributed by atoms with van der Waals surface area (Å²) in [5, 5.41) is 26.3. The molecule has 0 unspecified atom stereocenters. The second-order valence-electron chi connectivity index (χ2n) is 3.16. The van der Waals surface area contributed by atoms with Gasteiger partial charge in [0.05, 0.1) is 18.2 Å². The lowest BCUT2D eigenvalue weighted by atomic mass is 10.0. The molecular formula is C9H12N2O3. The minimum atomic E-state index is -0.975. The largest absolute Gasteiger partial charge is 0.465 e. The van der Waals surface area contributed by atoms with Gasteiger partial charge in [-0.25, -0.2) is 4.79 Å². The Morgan fingerprint density at radius 3 is 2.86 bits per heavy atom. The van der Waals surface area contributed by atoms with E-state index in [4.69, 9.17) is 15.5 Å². The number of piperidine rings is 1. The molecule has 0 aromatic heterocycles. The minimum absolute atomic E-state index is 0.249. The average molecular weight is 196 g/mol. The van der Waals surface area contributed by atoms with E-state index in [-0.39, 0.29) is 13.2 Å². The molecule has 5 nitrogen and oxygen atoms in total. The van der Waals surface area contributed by atoms with Crippen molar-refractivity contribution in [3.63, 3.8) is 0 Å². The van der Waals surface area contributed by atoms with Crippen LogP contribution in [0, 0.1) is 11.3 Å². The van der Waals surface area contributed by atoms with Crippen molar-refractivity contribution in [2.24, 2.45) is 0 Å². The Hall–Kier alpha value is -1.54. The number of amides is 1. The van der Waals surface area contributed by atoms with Crippen LogP contribution in [-0.2, 0) is 0 Å². The van der Waals surface area contributed by atoms with Crippen LogP contribution >= 0.6 is 0 Å². The fraction of sp³-hybridized carbons (Fsp3) is 0.556. The number of nitrogens with zero attached hydrogens (tertiary/aromatic N) is 2. The van der Waals surface area contributed by atoms with Gasteiger partial charge < -0.3 is 15.1 Å². The smallest absolute Gasteiger partial charge is 0.407 e. The molecular weight excluding hydrogens is 184 g/mol. The lowest BCUT2D eigenvalue weighted by Gasteiger charge is -2.26. The quantitative estimate of drug-likeness (QED) is 0.600. The van der Waals surface area contributed by atoms with Gasteiger partial charge in [0.15, 0.2) is 0 Å². The molecule has 0 aromatic rings. The first-order valence-corrected chi connectivity index (χ1v) is 4.38. The summed E-state index contributed by atoms with van der Waals surface area (Å²) in [5.74, 6) is 0. The summed E-state index contributed by atoms with van der Waals surface area (Å²) in [6.07, 6.45) is 0.442. The van der Waals surface area contributed by atoms with Crippen LogP contribution in [0.25, 0.3) is 0 Å². The number of likely N-dealkylation sites (tertiary alicyclic amines) is 1. The molecule has 5 heteroatoms. The number of nitriles is 1.